The second kappa shape index (κ2) is 4.96. The van der Waals surface area contributed by atoms with Gasteiger partial charge in [0.1, 0.15) is 0 Å². The molecule has 3 rings (SSSR count). The molecule has 0 amide bonds. The van der Waals surface area contributed by atoms with Crippen molar-refractivity contribution in [2.45, 2.75) is 0 Å². The molecule has 0 N–H and O–H groups in total. The Balaban J connectivity index is 2.15. The SMILES string of the molecule is CN1C=CC(=C(c2ccsc2)c2ccsc2)C=C1. The predicted molar refractivity (Wildman–Crippen MR) is 80.7 cm³/mol. The van der Waals surface area contributed by atoms with Crippen molar-refractivity contribution in [2.24, 2.45) is 0 Å². The zero-order valence-corrected chi connectivity index (χ0v) is 11.7. The lowest BCUT2D eigenvalue weighted by atomic mass is 9.96. The number of hydrogen-bond acceptors (Lipinski definition) is 3. The molecule has 0 aromatic carbocycles. The Morgan fingerprint density at radius 3 is 1.94 bits per heavy atom. The highest BCUT2D eigenvalue weighted by Gasteiger charge is 2.11. The van der Waals surface area contributed by atoms with Crippen LogP contribution in [0.2, 0.25) is 0 Å². The molecule has 0 spiro atoms. The summed E-state index contributed by atoms with van der Waals surface area (Å²) >= 11 is 3.48. The van der Waals surface area contributed by atoms with Crippen molar-refractivity contribution >= 4 is 28.2 Å². The molecule has 0 unspecified atom stereocenters. The first-order chi connectivity index (χ1) is 8.84. The standard InChI is InChI=1S/C15H13NS2/c1-16-6-2-12(3-7-16)15(13-4-8-17-10-13)14-5-9-18-11-14/h2-11H,1H3. The fourth-order valence-corrected chi connectivity index (χ4v) is 3.27. The van der Waals surface area contributed by atoms with Crippen LogP contribution in [-0.4, -0.2) is 11.9 Å². The lowest BCUT2D eigenvalue weighted by molar-refractivity contribution is 0.620. The predicted octanol–water partition coefficient (Wildman–Crippen LogP) is 4.58. The summed E-state index contributed by atoms with van der Waals surface area (Å²) in [6.45, 7) is 0. The Hall–Kier alpha value is -1.58. The molecule has 3 heteroatoms. The summed E-state index contributed by atoms with van der Waals surface area (Å²) in [6, 6.07) is 4.37. The smallest absolute Gasteiger partial charge is 0.0106 e. The molecule has 0 radical (unpaired) electrons. The first-order valence-corrected chi connectivity index (χ1v) is 7.61. The maximum Gasteiger partial charge on any atom is 0.0106 e. The second-order valence-electron chi connectivity index (χ2n) is 4.15. The van der Waals surface area contributed by atoms with Gasteiger partial charge in [0.05, 0.1) is 0 Å². The van der Waals surface area contributed by atoms with E-state index in [2.05, 4.69) is 63.1 Å². The molecule has 0 saturated heterocycles. The van der Waals surface area contributed by atoms with Crippen LogP contribution in [0.15, 0.2) is 63.8 Å². The van der Waals surface area contributed by atoms with Gasteiger partial charge in [-0.3, -0.25) is 0 Å². The molecule has 90 valence electrons. The highest BCUT2D eigenvalue weighted by Crippen LogP contribution is 2.32. The van der Waals surface area contributed by atoms with E-state index < -0.39 is 0 Å². The van der Waals surface area contributed by atoms with E-state index in [-0.39, 0.29) is 0 Å². The molecular formula is C15H13NS2. The van der Waals surface area contributed by atoms with Crippen LogP contribution < -0.4 is 0 Å². The first-order valence-electron chi connectivity index (χ1n) is 5.72. The van der Waals surface area contributed by atoms with E-state index in [0.29, 0.717) is 0 Å². The number of nitrogens with zero attached hydrogens (tertiary/aromatic N) is 1. The molecule has 0 bridgehead atoms. The van der Waals surface area contributed by atoms with Gasteiger partial charge in [-0.15, -0.1) is 0 Å². The Morgan fingerprint density at radius 2 is 1.50 bits per heavy atom. The molecular weight excluding hydrogens is 258 g/mol. The third-order valence-electron chi connectivity index (χ3n) is 2.89. The molecule has 0 fully saturated rings. The van der Waals surface area contributed by atoms with Gasteiger partial charge in [-0.05, 0) is 68.1 Å². The van der Waals surface area contributed by atoms with Gasteiger partial charge in [-0.1, -0.05) is 0 Å². The highest BCUT2D eigenvalue weighted by molar-refractivity contribution is 7.08. The molecule has 2 aromatic rings. The number of rotatable bonds is 2. The summed E-state index contributed by atoms with van der Waals surface area (Å²) in [6.07, 6.45) is 8.53. The molecule has 1 aliphatic rings. The Morgan fingerprint density at radius 1 is 0.944 bits per heavy atom. The van der Waals surface area contributed by atoms with Gasteiger partial charge in [0.25, 0.3) is 0 Å². The molecule has 1 aliphatic heterocycles. The fourth-order valence-electron chi connectivity index (χ4n) is 1.98. The molecule has 2 aromatic heterocycles. The lowest BCUT2D eigenvalue weighted by Gasteiger charge is -2.15. The van der Waals surface area contributed by atoms with E-state index in [4.69, 9.17) is 0 Å². The first kappa shape index (κ1) is 11.5. The molecule has 1 nitrogen and oxygen atoms in total. The molecule has 18 heavy (non-hydrogen) atoms. The molecule has 0 saturated carbocycles. The summed E-state index contributed by atoms with van der Waals surface area (Å²) < 4.78 is 0. The fraction of sp³-hybridized carbons (Fsp3) is 0.0667. The summed E-state index contributed by atoms with van der Waals surface area (Å²) in [5, 5.41) is 8.68. The topological polar surface area (TPSA) is 3.24 Å². The molecule has 3 heterocycles. The van der Waals surface area contributed by atoms with Crippen molar-refractivity contribution in [1.29, 1.82) is 0 Å². The maximum atomic E-state index is 2.21. The van der Waals surface area contributed by atoms with Crippen LogP contribution in [0.1, 0.15) is 11.1 Å². The lowest BCUT2D eigenvalue weighted by Crippen LogP contribution is -2.04. The van der Waals surface area contributed by atoms with Crippen molar-refractivity contribution in [3.05, 3.63) is 74.9 Å². The number of allylic oxidation sites excluding steroid dienone is 3. The van der Waals surface area contributed by atoms with Gasteiger partial charge in [0, 0.05) is 19.4 Å². The van der Waals surface area contributed by atoms with Crippen LogP contribution in [0.5, 0.6) is 0 Å². The van der Waals surface area contributed by atoms with Gasteiger partial charge in [0.15, 0.2) is 0 Å². The normalized spacial score (nSPS) is 14.3. The minimum absolute atomic E-state index is 1.27. The summed E-state index contributed by atoms with van der Waals surface area (Å²) in [5.41, 5.74) is 5.18. The van der Waals surface area contributed by atoms with Gasteiger partial charge in [-0.25, -0.2) is 0 Å². The Bertz CT molecular complexity index is 549. The number of hydrogen-bond donors (Lipinski definition) is 0. The van der Waals surface area contributed by atoms with Gasteiger partial charge < -0.3 is 4.90 Å². The van der Waals surface area contributed by atoms with E-state index >= 15 is 0 Å². The van der Waals surface area contributed by atoms with Crippen LogP contribution in [0.3, 0.4) is 0 Å². The largest absolute Gasteiger partial charge is 0.357 e. The highest BCUT2D eigenvalue weighted by atomic mass is 32.1. The third kappa shape index (κ3) is 2.19. The van der Waals surface area contributed by atoms with Gasteiger partial charge >= 0.3 is 0 Å². The van der Waals surface area contributed by atoms with E-state index in [1.807, 2.05) is 7.05 Å². The van der Waals surface area contributed by atoms with Crippen LogP contribution in [0.4, 0.5) is 0 Å². The second-order valence-corrected chi connectivity index (χ2v) is 5.71. The van der Waals surface area contributed by atoms with Gasteiger partial charge in [0.2, 0.25) is 0 Å². The van der Waals surface area contributed by atoms with Crippen LogP contribution in [0.25, 0.3) is 5.57 Å². The minimum Gasteiger partial charge on any atom is -0.357 e. The molecule has 0 atom stereocenters. The van der Waals surface area contributed by atoms with E-state index in [1.54, 1.807) is 22.7 Å². The monoisotopic (exact) mass is 271 g/mol. The Labute approximate surface area is 115 Å². The minimum atomic E-state index is 1.27. The zero-order valence-electron chi connectivity index (χ0n) is 10.0. The van der Waals surface area contributed by atoms with Crippen LogP contribution in [0, 0.1) is 0 Å². The van der Waals surface area contributed by atoms with Crippen LogP contribution in [-0.2, 0) is 0 Å². The maximum absolute atomic E-state index is 2.21. The van der Waals surface area contributed by atoms with E-state index in [1.165, 1.54) is 22.3 Å². The van der Waals surface area contributed by atoms with Crippen molar-refractivity contribution in [3.63, 3.8) is 0 Å². The average Bonchev–Trinajstić information content (AvgIpc) is 3.06. The van der Waals surface area contributed by atoms with Crippen molar-refractivity contribution in [1.82, 2.24) is 4.90 Å². The van der Waals surface area contributed by atoms with E-state index in [0.717, 1.165) is 0 Å². The quantitative estimate of drug-likeness (QED) is 0.772. The van der Waals surface area contributed by atoms with Gasteiger partial charge in [-0.2, -0.15) is 22.7 Å². The van der Waals surface area contributed by atoms with Crippen LogP contribution >= 0.6 is 22.7 Å². The average molecular weight is 271 g/mol. The zero-order chi connectivity index (χ0) is 12.4. The summed E-state index contributed by atoms with van der Waals surface area (Å²) in [5.74, 6) is 0. The third-order valence-corrected chi connectivity index (χ3v) is 4.25. The summed E-state index contributed by atoms with van der Waals surface area (Å²) in [7, 11) is 2.04. The van der Waals surface area contributed by atoms with Crippen molar-refractivity contribution in [3.8, 4) is 0 Å². The van der Waals surface area contributed by atoms with Crippen molar-refractivity contribution in [2.75, 3.05) is 7.05 Å². The van der Waals surface area contributed by atoms with Crippen molar-refractivity contribution < 1.29 is 0 Å². The van der Waals surface area contributed by atoms with E-state index in [9.17, 15) is 0 Å². The number of thiophene rings is 2. The Kier molecular flexibility index (Phi) is 3.17. The summed E-state index contributed by atoms with van der Waals surface area (Å²) in [4.78, 5) is 2.06. The molecule has 0 aliphatic carbocycles.